The molecule has 1 aromatic carbocycles. The van der Waals surface area contributed by atoms with Crippen LogP contribution in [0.3, 0.4) is 0 Å². The number of ether oxygens (including phenoxy) is 1. The van der Waals surface area contributed by atoms with Gasteiger partial charge in [0, 0.05) is 7.11 Å². The lowest BCUT2D eigenvalue weighted by molar-refractivity contribution is 0.0651. The fraction of sp³-hybridized carbons (Fsp3) is 0.600. The fourth-order valence-electron chi connectivity index (χ4n) is 2.67. The number of hydrogen-bond acceptors (Lipinski definition) is 3. The van der Waals surface area contributed by atoms with Gasteiger partial charge in [-0.2, -0.15) is 0 Å². The third-order valence-electron chi connectivity index (χ3n) is 4.13. The van der Waals surface area contributed by atoms with Gasteiger partial charge >= 0.3 is 0 Å². The van der Waals surface area contributed by atoms with Crippen molar-refractivity contribution in [3.63, 3.8) is 0 Å². The van der Waals surface area contributed by atoms with Crippen molar-refractivity contribution in [1.82, 2.24) is 5.43 Å². The van der Waals surface area contributed by atoms with Gasteiger partial charge in [-0.3, -0.25) is 11.3 Å². The standard InChI is InChI=1S/C15H24N2O/c1-3-14(18-2)15(17-16)13-9-7-12(8-10-13)11-5-4-6-11/h7-11,14-15,17H,3-6,16H2,1-2H3. The minimum atomic E-state index is 0.0652. The Labute approximate surface area is 110 Å². The minimum absolute atomic E-state index is 0.0652. The first-order chi connectivity index (χ1) is 8.80. The molecule has 0 aliphatic heterocycles. The van der Waals surface area contributed by atoms with Gasteiger partial charge in [0.05, 0.1) is 12.1 Å². The van der Waals surface area contributed by atoms with Gasteiger partial charge < -0.3 is 4.74 Å². The molecular weight excluding hydrogens is 224 g/mol. The van der Waals surface area contributed by atoms with E-state index in [0.29, 0.717) is 0 Å². The maximum absolute atomic E-state index is 5.66. The van der Waals surface area contributed by atoms with Crippen LogP contribution in [-0.4, -0.2) is 13.2 Å². The molecule has 2 rings (SSSR count). The van der Waals surface area contributed by atoms with E-state index in [-0.39, 0.29) is 12.1 Å². The molecule has 0 bridgehead atoms. The van der Waals surface area contributed by atoms with E-state index in [1.54, 1.807) is 7.11 Å². The highest BCUT2D eigenvalue weighted by molar-refractivity contribution is 5.29. The third kappa shape index (κ3) is 2.74. The smallest absolute Gasteiger partial charge is 0.0776 e. The van der Waals surface area contributed by atoms with Crippen molar-refractivity contribution in [2.24, 2.45) is 5.84 Å². The van der Waals surface area contributed by atoms with Crippen LogP contribution in [0, 0.1) is 0 Å². The lowest BCUT2D eigenvalue weighted by Gasteiger charge is -2.28. The molecular formula is C15H24N2O. The summed E-state index contributed by atoms with van der Waals surface area (Å²) in [4.78, 5) is 0. The van der Waals surface area contributed by atoms with Crippen LogP contribution in [0.25, 0.3) is 0 Å². The van der Waals surface area contributed by atoms with Crippen LogP contribution in [0.2, 0.25) is 0 Å². The van der Waals surface area contributed by atoms with Crippen molar-refractivity contribution >= 4 is 0 Å². The average molecular weight is 248 g/mol. The van der Waals surface area contributed by atoms with E-state index in [2.05, 4.69) is 36.6 Å². The fourth-order valence-corrected chi connectivity index (χ4v) is 2.67. The van der Waals surface area contributed by atoms with Crippen LogP contribution >= 0.6 is 0 Å². The summed E-state index contributed by atoms with van der Waals surface area (Å²) in [6.45, 7) is 2.11. The van der Waals surface area contributed by atoms with E-state index >= 15 is 0 Å². The van der Waals surface area contributed by atoms with Gasteiger partial charge in [-0.15, -0.1) is 0 Å². The Balaban J connectivity index is 2.10. The van der Waals surface area contributed by atoms with E-state index in [1.165, 1.54) is 30.4 Å². The minimum Gasteiger partial charge on any atom is -0.379 e. The van der Waals surface area contributed by atoms with E-state index in [1.807, 2.05) is 0 Å². The third-order valence-corrected chi connectivity index (χ3v) is 4.13. The maximum Gasteiger partial charge on any atom is 0.0776 e. The number of methoxy groups -OCH3 is 1. The molecule has 1 aliphatic rings. The largest absolute Gasteiger partial charge is 0.379 e. The molecule has 0 heterocycles. The first kappa shape index (κ1) is 13.5. The molecule has 1 fully saturated rings. The predicted octanol–water partition coefficient (Wildman–Crippen LogP) is 2.88. The van der Waals surface area contributed by atoms with E-state index in [0.717, 1.165) is 12.3 Å². The topological polar surface area (TPSA) is 47.3 Å². The van der Waals surface area contributed by atoms with Crippen molar-refractivity contribution in [1.29, 1.82) is 0 Å². The lowest BCUT2D eigenvalue weighted by atomic mass is 9.79. The second-order valence-electron chi connectivity index (χ2n) is 5.12. The molecule has 100 valence electrons. The Bertz CT molecular complexity index is 355. The second-order valence-corrected chi connectivity index (χ2v) is 5.12. The number of nitrogens with two attached hydrogens (primary N) is 1. The van der Waals surface area contributed by atoms with Gasteiger partial charge in [0.15, 0.2) is 0 Å². The normalized spacial score (nSPS) is 19.3. The molecule has 0 spiro atoms. The van der Waals surface area contributed by atoms with Gasteiger partial charge in [0.2, 0.25) is 0 Å². The SMILES string of the molecule is CCC(OC)C(NN)c1ccc(C2CCC2)cc1. The molecule has 0 saturated heterocycles. The first-order valence-corrected chi connectivity index (χ1v) is 6.89. The average Bonchev–Trinajstić information content (AvgIpc) is 2.35. The van der Waals surface area contributed by atoms with Gasteiger partial charge in [-0.1, -0.05) is 37.6 Å². The molecule has 0 aromatic heterocycles. The highest BCUT2D eigenvalue weighted by atomic mass is 16.5. The Morgan fingerprint density at radius 1 is 1.33 bits per heavy atom. The summed E-state index contributed by atoms with van der Waals surface area (Å²) in [5.41, 5.74) is 5.54. The van der Waals surface area contributed by atoms with Crippen LogP contribution < -0.4 is 11.3 Å². The highest BCUT2D eigenvalue weighted by Gasteiger charge is 2.22. The van der Waals surface area contributed by atoms with Gasteiger partial charge in [-0.05, 0) is 36.3 Å². The zero-order valence-electron chi connectivity index (χ0n) is 11.4. The van der Waals surface area contributed by atoms with Gasteiger partial charge in [-0.25, -0.2) is 0 Å². The second kappa shape index (κ2) is 6.32. The van der Waals surface area contributed by atoms with Crippen LogP contribution in [-0.2, 0) is 4.74 Å². The molecule has 1 aliphatic carbocycles. The highest BCUT2D eigenvalue weighted by Crippen LogP contribution is 2.36. The number of hydrazine groups is 1. The lowest BCUT2D eigenvalue weighted by Crippen LogP contribution is -2.37. The van der Waals surface area contributed by atoms with Crippen molar-refractivity contribution in [3.8, 4) is 0 Å². The summed E-state index contributed by atoms with van der Waals surface area (Å²) in [7, 11) is 1.74. The first-order valence-electron chi connectivity index (χ1n) is 6.89. The zero-order valence-corrected chi connectivity index (χ0v) is 11.4. The molecule has 0 radical (unpaired) electrons. The van der Waals surface area contributed by atoms with E-state index < -0.39 is 0 Å². The Morgan fingerprint density at radius 2 is 2.00 bits per heavy atom. The Kier molecular flexibility index (Phi) is 4.75. The maximum atomic E-state index is 5.66. The number of rotatable bonds is 6. The van der Waals surface area contributed by atoms with Crippen LogP contribution in [0.4, 0.5) is 0 Å². The molecule has 3 nitrogen and oxygen atoms in total. The zero-order chi connectivity index (χ0) is 13.0. The van der Waals surface area contributed by atoms with Crippen molar-refractivity contribution < 1.29 is 4.74 Å². The van der Waals surface area contributed by atoms with Crippen molar-refractivity contribution in [3.05, 3.63) is 35.4 Å². The van der Waals surface area contributed by atoms with Crippen molar-refractivity contribution in [2.45, 2.75) is 50.7 Å². The number of hydrogen-bond donors (Lipinski definition) is 2. The summed E-state index contributed by atoms with van der Waals surface area (Å²) in [6.07, 6.45) is 5.11. The molecule has 3 N–H and O–H groups in total. The summed E-state index contributed by atoms with van der Waals surface area (Å²) in [6, 6.07) is 8.91. The Morgan fingerprint density at radius 3 is 2.39 bits per heavy atom. The molecule has 2 unspecified atom stereocenters. The van der Waals surface area contributed by atoms with Gasteiger partial charge in [0.25, 0.3) is 0 Å². The van der Waals surface area contributed by atoms with E-state index in [9.17, 15) is 0 Å². The molecule has 18 heavy (non-hydrogen) atoms. The number of nitrogens with one attached hydrogen (secondary N) is 1. The predicted molar refractivity (Wildman–Crippen MR) is 74.2 cm³/mol. The van der Waals surface area contributed by atoms with E-state index in [4.69, 9.17) is 10.6 Å². The number of benzene rings is 1. The van der Waals surface area contributed by atoms with Crippen LogP contribution in [0.15, 0.2) is 24.3 Å². The summed E-state index contributed by atoms with van der Waals surface area (Å²) < 4.78 is 5.47. The monoisotopic (exact) mass is 248 g/mol. The quantitative estimate of drug-likeness (QED) is 0.601. The molecule has 1 aromatic rings. The molecule has 2 atom stereocenters. The summed E-state index contributed by atoms with van der Waals surface area (Å²) >= 11 is 0. The van der Waals surface area contributed by atoms with Crippen LogP contribution in [0.5, 0.6) is 0 Å². The molecule has 3 heteroatoms. The Hall–Kier alpha value is -0.900. The van der Waals surface area contributed by atoms with Gasteiger partial charge in [0.1, 0.15) is 0 Å². The summed E-state index contributed by atoms with van der Waals surface area (Å²) in [5, 5.41) is 0. The summed E-state index contributed by atoms with van der Waals surface area (Å²) in [5.74, 6) is 6.45. The van der Waals surface area contributed by atoms with Crippen LogP contribution in [0.1, 0.15) is 55.7 Å². The van der Waals surface area contributed by atoms with Crippen molar-refractivity contribution in [2.75, 3.05) is 7.11 Å². The molecule has 1 saturated carbocycles. The molecule has 0 amide bonds.